The fourth-order valence-corrected chi connectivity index (χ4v) is 2.62. The first kappa shape index (κ1) is 11.6. The molecular formula is C13H22N2O. The summed E-state index contributed by atoms with van der Waals surface area (Å²) >= 11 is 0. The molecule has 0 aliphatic heterocycles. The Hall–Kier alpha value is -0.830. The predicted molar refractivity (Wildman–Crippen MR) is 64.4 cm³/mol. The molecule has 1 saturated carbocycles. The lowest BCUT2D eigenvalue weighted by atomic mass is 9.96. The monoisotopic (exact) mass is 222 g/mol. The molecule has 0 aromatic carbocycles. The van der Waals surface area contributed by atoms with E-state index in [1.165, 1.54) is 38.5 Å². The van der Waals surface area contributed by atoms with E-state index in [0.29, 0.717) is 12.5 Å². The van der Waals surface area contributed by atoms with Crippen LogP contribution >= 0.6 is 0 Å². The maximum atomic E-state index is 5.86. The highest BCUT2D eigenvalue weighted by molar-refractivity contribution is 5.13. The number of aromatic nitrogens is 1. The number of hydrogen-bond acceptors (Lipinski definition) is 3. The Morgan fingerprint density at radius 2 is 1.94 bits per heavy atom. The average Bonchev–Trinajstić information content (AvgIpc) is 2.52. The minimum atomic E-state index is 0.599. The van der Waals surface area contributed by atoms with E-state index in [-0.39, 0.29) is 0 Å². The Balaban J connectivity index is 2.11. The second-order valence-corrected chi connectivity index (χ2v) is 4.78. The van der Waals surface area contributed by atoms with Crippen molar-refractivity contribution in [3.8, 4) is 0 Å². The van der Waals surface area contributed by atoms with Gasteiger partial charge in [-0.3, -0.25) is 0 Å². The zero-order chi connectivity index (χ0) is 11.4. The van der Waals surface area contributed by atoms with Gasteiger partial charge in [0, 0.05) is 18.9 Å². The highest BCUT2D eigenvalue weighted by Crippen LogP contribution is 2.33. The number of nitrogens with two attached hydrogens (primary N) is 1. The van der Waals surface area contributed by atoms with Crippen LogP contribution in [0.4, 0.5) is 0 Å². The third kappa shape index (κ3) is 2.64. The van der Waals surface area contributed by atoms with Crippen molar-refractivity contribution in [2.75, 3.05) is 6.54 Å². The maximum Gasteiger partial charge on any atom is 0.195 e. The topological polar surface area (TPSA) is 52.0 Å². The van der Waals surface area contributed by atoms with E-state index < -0.39 is 0 Å². The second kappa shape index (κ2) is 5.48. The van der Waals surface area contributed by atoms with Gasteiger partial charge in [0.2, 0.25) is 0 Å². The van der Waals surface area contributed by atoms with Crippen LogP contribution in [0.5, 0.6) is 0 Å². The summed E-state index contributed by atoms with van der Waals surface area (Å²) in [5.41, 5.74) is 6.60. The third-order valence-corrected chi connectivity index (χ3v) is 3.46. The Bertz CT molecular complexity index is 325. The summed E-state index contributed by atoms with van der Waals surface area (Å²) in [6.45, 7) is 2.67. The molecule has 1 aromatic heterocycles. The fourth-order valence-electron chi connectivity index (χ4n) is 2.62. The van der Waals surface area contributed by atoms with Crippen LogP contribution in [-0.4, -0.2) is 11.5 Å². The summed E-state index contributed by atoms with van der Waals surface area (Å²) in [6.07, 6.45) is 8.69. The summed E-state index contributed by atoms with van der Waals surface area (Å²) in [5.74, 6) is 2.55. The molecule has 0 amide bonds. The van der Waals surface area contributed by atoms with Crippen molar-refractivity contribution in [2.24, 2.45) is 5.73 Å². The quantitative estimate of drug-likeness (QED) is 0.800. The molecular weight excluding hydrogens is 200 g/mol. The van der Waals surface area contributed by atoms with E-state index in [2.05, 4.69) is 11.9 Å². The van der Waals surface area contributed by atoms with E-state index in [4.69, 9.17) is 10.2 Å². The van der Waals surface area contributed by atoms with Gasteiger partial charge in [0.05, 0.1) is 5.69 Å². The largest absolute Gasteiger partial charge is 0.445 e. The lowest BCUT2D eigenvalue weighted by Gasteiger charge is -2.10. The molecule has 3 nitrogen and oxygen atoms in total. The van der Waals surface area contributed by atoms with Gasteiger partial charge in [-0.2, -0.15) is 0 Å². The second-order valence-electron chi connectivity index (χ2n) is 4.78. The molecule has 1 aromatic rings. The molecule has 0 spiro atoms. The van der Waals surface area contributed by atoms with E-state index >= 15 is 0 Å². The summed E-state index contributed by atoms with van der Waals surface area (Å²) < 4.78 is 5.86. The molecule has 1 heterocycles. The van der Waals surface area contributed by atoms with Gasteiger partial charge in [-0.1, -0.05) is 25.7 Å². The van der Waals surface area contributed by atoms with Crippen LogP contribution in [0.25, 0.3) is 0 Å². The van der Waals surface area contributed by atoms with Crippen molar-refractivity contribution in [3.63, 3.8) is 0 Å². The smallest absolute Gasteiger partial charge is 0.195 e. The molecule has 1 aliphatic rings. The van der Waals surface area contributed by atoms with Crippen LogP contribution in [0, 0.1) is 6.92 Å². The van der Waals surface area contributed by atoms with Gasteiger partial charge in [0.1, 0.15) is 5.76 Å². The minimum Gasteiger partial charge on any atom is -0.445 e. The number of hydrogen-bond donors (Lipinski definition) is 1. The normalized spacial score (nSPS) is 18.6. The maximum absolute atomic E-state index is 5.86. The molecule has 1 fully saturated rings. The Kier molecular flexibility index (Phi) is 3.99. The summed E-state index contributed by atoms with van der Waals surface area (Å²) in [7, 11) is 0. The van der Waals surface area contributed by atoms with Crippen LogP contribution in [0.1, 0.15) is 61.8 Å². The number of rotatable bonds is 3. The number of nitrogens with zero attached hydrogens (tertiary/aromatic N) is 1. The Morgan fingerprint density at radius 1 is 1.25 bits per heavy atom. The first-order valence-electron chi connectivity index (χ1n) is 6.47. The van der Waals surface area contributed by atoms with Crippen molar-refractivity contribution < 1.29 is 4.42 Å². The van der Waals surface area contributed by atoms with Gasteiger partial charge in [-0.15, -0.1) is 0 Å². The first-order chi connectivity index (χ1) is 7.81. The highest BCUT2D eigenvalue weighted by atomic mass is 16.4. The fraction of sp³-hybridized carbons (Fsp3) is 0.769. The predicted octanol–water partition coefficient (Wildman–Crippen LogP) is 2.92. The summed E-state index contributed by atoms with van der Waals surface area (Å²) in [5, 5.41) is 0. The van der Waals surface area contributed by atoms with Crippen LogP contribution in [0.15, 0.2) is 4.42 Å². The highest BCUT2D eigenvalue weighted by Gasteiger charge is 2.21. The number of aryl methyl sites for hydroxylation is 1. The molecule has 2 N–H and O–H groups in total. The lowest BCUT2D eigenvalue weighted by molar-refractivity contribution is 0.403. The molecule has 0 unspecified atom stereocenters. The zero-order valence-corrected chi connectivity index (χ0v) is 10.2. The van der Waals surface area contributed by atoms with E-state index in [0.717, 1.165) is 23.8 Å². The standard InChI is InChI=1S/C13H22N2O/c1-10-13(16-12(15-10)8-9-14)11-6-4-2-3-5-7-11/h11H,2-9,14H2,1H3. The van der Waals surface area contributed by atoms with Crippen molar-refractivity contribution in [3.05, 3.63) is 17.3 Å². The summed E-state index contributed by atoms with van der Waals surface area (Å²) in [4.78, 5) is 4.46. The molecule has 2 rings (SSSR count). The van der Waals surface area contributed by atoms with Gasteiger partial charge < -0.3 is 10.2 Å². The van der Waals surface area contributed by atoms with E-state index in [1.54, 1.807) is 0 Å². The minimum absolute atomic E-state index is 0.599. The van der Waals surface area contributed by atoms with E-state index in [1.807, 2.05) is 0 Å². The van der Waals surface area contributed by atoms with Crippen molar-refractivity contribution in [1.82, 2.24) is 4.98 Å². The molecule has 0 atom stereocenters. The van der Waals surface area contributed by atoms with Crippen molar-refractivity contribution >= 4 is 0 Å². The lowest BCUT2D eigenvalue weighted by Crippen LogP contribution is -2.02. The van der Waals surface area contributed by atoms with Crippen molar-refractivity contribution in [1.29, 1.82) is 0 Å². The van der Waals surface area contributed by atoms with Gasteiger partial charge in [0.25, 0.3) is 0 Å². The summed E-state index contributed by atoms with van der Waals surface area (Å²) in [6, 6.07) is 0. The zero-order valence-electron chi connectivity index (χ0n) is 10.2. The molecule has 16 heavy (non-hydrogen) atoms. The van der Waals surface area contributed by atoms with Gasteiger partial charge in [0.15, 0.2) is 5.89 Å². The van der Waals surface area contributed by atoms with Gasteiger partial charge in [-0.25, -0.2) is 4.98 Å². The Labute approximate surface area is 97.4 Å². The average molecular weight is 222 g/mol. The van der Waals surface area contributed by atoms with Gasteiger partial charge in [-0.05, 0) is 19.8 Å². The third-order valence-electron chi connectivity index (χ3n) is 3.46. The molecule has 90 valence electrons. The van der Waals surface area contributed by atoms with Crippen molar-refractivity contribution in [2.45, 2.75) is 57.8 Å². The SMILES string of the molecule is Cc1nc(CCN)oc1C1CCCCCC1. The van der Waals surface area contributed by atoms with Gasteiger partial charge >= 0.3 is 0 Å². The molecule has 0 saturated heterocycles. The van der Waals surface area contributed by atoms with Crippen LogP contribution in [-0.2, 0) is 6.42 Å². The van der Waals surface area contributed by atoms with Crippen LogP contribution in [0.3, 0.4) is 0 Å². The molecule has 3 heteroatoms. The van der Waals surface area contributed by atoms with Crippen LogP contribution < -0.4 is 5.73 Å². The van der Waals surface area contributed by atoms with Crippen LogP contribution in [0.2, 0.25) is 0 Å². The molecule has 0 radical (unpaired) electrons. The van der Waals surface area contributed by atoms with E-state index in [9.17, 15) is 0 Å². The molecule has 0 bridgehead atoms. The Morgan fingerprint density at radius 3 is 2.56 bits per heavy atom. The first-order valence-corrected chi connectivity index (χ1v) is 6.47. The number of oxazole rings is 1. The molecule has 1 aliphatic carbocycles.